The van der Waals surface area contributed by atoms with Crippen molar-refractivity contribution in [2.45, 2.75) is 38.5 Å². The van der Waals surface area contributed by atoms with Gasteiger partial charge in [0, 0.05) is 18.1 Å². The number of nitrogens with zero attached hydrogens (tertiary/aromatic N) is 2. The van der Waals surface area contributed by atoms with Crippen molar-refractivity contribution < 1.29 is 19.4 Å². The van der Waals surface area contributed by atoms with Gasteiger partial charge in [0.2, 0.25) is 0 Å². The number of thiazole rings is 1. The summed E-state index contributed by atoms with van der Waals surface area (Å²) in [7, 11) is 1.69. The Morgan fingerprint density at radius 3 is 2.74 bits per heavy atom. The number of carbonyl (C=O) groups is 2. The Labute approximate surface area is 115 Å². The Balaban J connectivity index is 1.91. The Kier molecular flexibility index (Phi) is 4.16. The van der Waals surface area contributed by atoms with Gasteiger partial charge in [0.05, 0.1) is 11.6 Å². The quantitative estimate of drug-likeness (QED) is 0.893. The molecule has 1 fully saturated rings. The van der Waals surface area contributed by atoms with Crippen molar-refractivity contribution in [3.63, 3.8) is 0 Å². The largest absolute Gasteiger partial charge is 0.479 e. The molecule has 104 valence electrons. The Morgan fingerprint density at radius 2 is 2.21 bits per heavy atom. The van der Waals surface area contributed by atoms with Crippen LogP contribution in [0.4, 0.5) is 0 Å². The molecule has 0 saturated carbocycles. The summed E-state index contributed by atoms with van der Waals surface area (Å²) in [5.74, 6) is -1.18. The number of ether oxygens (including phenoxy) is 1. The van der Waals surface area contributed by atoms with Gasteiger partial charge in [-0.2, -0.15) is 0 Å². The third-order valence-corrected chi connectivity index (χ3v) is 3.91. The molecule has 1 aliphatic heterocycles. The standard InChI is InChI=1S/C12H16N2O4S/c1-7-13-5-8(19-7)6-14(2)11(15)9-3-4-10(18-9)12(16)17/h5,9-10H,3-4,6H2,1-2H3,(H,16,17)/t9-,10+/m0/s1. The van der Waals surface area contributed by atoms with Gasteiger partial charge in [-0.15, -0.1) is 11.3 Å². The van der Waals surface area contributed by atoms with Gasteiger partial charge in [-0.3, -0.25) is 4.79 Å². The molecule has 0 bridgehead atoms. The number of aryl methyl sites for hydroxylation is 1. The maximum Gasteiger partial charge on any atom is 0.332 e. The van der Waals surface area contributed by atoms with E-state index in [-0.39, 0.29) is 5.91 Å². The fourth-order valence-electron chi connectivity index (χ4n) is 2.04. The summed E-state index contributed by atoms with van der Waals surface area (Å²) in [4.78, 5) is 29.6. The van der Waals surface area contributed by atoms with E-state index in [0.29, 0.717) is 19.4 Å². The van der Waals surface area contributed by atoms with Crippen LogP contribution < -0.4 is 0 Å². The highest BCUT2D eigenvalue weighted by Gasteiger charge is 2.36. The highest BCUT2D eigenvalue weighted by atomic mass is 32.1. The molecule has 0 aliphatic carbocycles. The highest BCUT2D eigenvalue weighted by Crippen LogP contribution is 2.22. The van der Waals surface area contributed by atoms with Crippen molar-refractivity contribution in [1.82, 2.24) is 9.88 Å². The van der Waals surface area contributed by atoms with Crippen LogP contribution >= 0.6 is 11.3 Å². The molecule has 0 aromatic carbocycles. The van der Waals surface area contributed by atoms with Crippen molar-refractivity contribution in [3.8, 4) is 0 Å². The fraction of sp³-hybridized carbons (Fsp3) is 0.583. The first-order valence-corrected chi connectivity index (χ1v) is 6.83. The molecule has 1 amide bonds. The minimum absolute atomic E-state index is 0.171. The molecule has 2 heterocycles. The monoisotopic (exact) mass is 284 g/mol. The second-order valence-corrected chi connectivity index (χ2v) is 5.89. The predicted octanol–water partition coefficient (Wildman–Crippen LogP) is 1.04. The van der Waals surface area contributed by atoms with E-state index in [0.717, 1.165) is 9.88 Å². The molecule has 6 nitrogen and oxygen atoms in total. The van der Waals surface area contributed by atoms with Gasteiger partial charge in [0.15, 0.2) is 6.10 Å². The molecule has 0 spiro atoms. The van der Waals surface area contributed by atoms with E-state index in [1.165, 1.54) is 0 Å². The number of rotatable bonds is 4. The Morgan fingerprint density at radius 1 is 1.53 bits per heavy atom. The van der Waals surface area contributed by atoms with Crippen LogP contribution in [0, 0.1) is 6.92 Å². The summed E-state index contributed by atoms with van der Waals surface area (Å²) < 4.78 is 5.25. The molecular weight excluding hydrogens is 268 g/mol. The molecule has 2 atom stereocenters. The average molecular weight is 284 g/mol. The van der Waals surface area contributed by atoms with E-state index in [2.05, 4.69) is 4.98 Å². The van der Waals surface area contributed by atoms with E-state index in [1.807, 2.05) is 6.92 Å². The Bertz CT molecular complexity index is 488. The average Bonchev–Trinajstić information content (AvgIpc) is 2.97. The van der Waals surface area contributed by atoms with E-state index in [1.54, 1.807) is 29.5 Å². The van der Waals surface area contributed by atoms with Crippen molar-refractivity contribution in [3.05, 3.63) is 16.1 Å². The van der Waals surface area contributed by atoms with Crippen molar-refractivity contribution in [2.75, 3.05) is 7.05 Å². The smallest absolute Gasteiger partial charge is 0.332 e. The third kappa shape index (κ3) is 3.30. The maximum atomic E-state index is 12.1. The Hall–Kier alpha value is -1.47. The molecule has 7 heteroatoms. The number of amides is 1. The van der Waals surface area contributed by atoms with E-state index < -0.39 is 18.2 Å². The van der Waals surface area contributed by atoms with Gasteiger partial charge in [0.25, 0.3) is 5.91 Å². The van der Waals surface area contributed by atoms with Crippen LogP contribution in [0.15, 0.2) is 6.20 Å². The summed E-state index contributed by atoms with van der Waals surface area (Å²) in [6.07, 6.45) is 1.11. The van der Waals surface area contributed by atoms with Crippen LogP contribution in [0.1, 0.15) is 22.7 Å². The number of aliphatic carboxylic acids is 1. The molecule has 0 unspecified atom stereocenters. The number of hydrogen-bond acceptors (Lipinski definition) is 5. The van der Waals surface area contributed by atoms with E-state index >= 15 is 0 Å². The van der Waals surface area contributed by atoms with Gasteiger partial charge in [-0.05, 0) is 19.8 Å². The van der Waals surface area contributed by atoms with Gasteiger partial charge in [-0.25, -0.2) is 9.78 Å². The number of carbonyl (C=O) groups excluding carboxylic acids is 1. The first kappa shape index (κ1) is 14.0. The lowest BCUT2D eigenvalue weighted by molar-refractivity contribution is -0.154. The molecule has 0 radical (unpaired) electrons. The lowest BCUT2D eigenvalue weighted by atomic mass is 10.2. The summed E-state index contributed by atoms with van der Waals surface area (Å²) in [6, 6.07) is 0. The number of hydrogen-bond donors (Lipinski definition) is 1. The highest BCUT2D eigenvalue weighted by molar-refractivity contribution is 7.11. The molecular formula is C12H16N2O4S. The predicted molar refractivity (Wildman–Crippen MR) is 68.9 cm³/mol. The lowest BCUT2D eigenvalue weighted by Crippen LogP contribution is -2.36. The number of aromatic nitrogens is 1. The zero-order valence-corrected chi connectivity index (χ0v) is 11.6. The molecule has 1 saturated heterocycles. The zero-order valence-electron chi connectivity index (χ0n) is 10.8. The third-order valence-electron chi connectivity index (χ3n) is 3.01. The van der Waals surface area contributed by atoms with E-state index in [4.69, 9.17) is 9.84 Å². The van der Waals surface area contributed by atoms with Crippen LogP contribution in [0.25, 0.3) is 0 Å². The molecule has 19 heavy (non-hydrogen) atoms. The SMILES string of the molecule is Cc1ncc(CN(C)C(=O)[C@@H]2CC[C@H](C(=O)O)O2)s1. The number of carboxylic acid groups (broad SMARTS) is 1. The van der Waals surface area contributed by atoms with Gasteiger partial charge >= 0.3 is 5.97 Å². The first-order chi connectivity index (χ1) is 8.97. The molecule has 1 N–H and O–H groups in total. The second kappa shape index (κ2) is 5.66. The van der Waals surface area contributed by atoms with Gasteiger partial charge in [-0.1, -0.05) is 0 Å². The topological polar surface area (TPSA) is 79.7 Å². The maximum absolute atomic E-state index is 12.1. The normalized spacial score (nSPS) is 22.4. The lowest BCUT2D eigenvalue weighted by Gasteiger charge is -2.20. The van der Waals surface area contributed by atoms with Crippen LogP contribution in [0.2, 0.25) is 0 Å². The summed E-state index contributed by atoms with van der Waals surface area (Å²) in [5.41, 5.74) is 0. The molecule has 1 aliphatic rings. The fourth-order valence-corrected chi connectivity index (χ4v) is 2.88. The van der Waals surface area contributed by atoms with Gasteiger partial charge < -0.3 is 14.7 Å². The molecule has 2 rings (SSSR count). The first-order valence-electron chi connectivity index (χ1n) is 6.02. The molecule has 1 aromatic heterocycles. The zero-order chi connectivity index (χ0) is 14.0. The van der Waals surface area contributed by atoms with Crippen LogP contribution in [-0.4, -0.2) is 46.1 Å². The van der Waals surface area contributed by atoms with Gasteiger partial charge in [0.1, 0.15) is 6.10 Å². The van der Waals surface area contributed by atoms with Crippen molar-refractivity contribution in [2.24, 2.45) is 0 Å². The van der Waals surface area contributed by atoms with Crippen LogP contribution in [-0.2, 0) is 20.9 Å². The minimum Gasteiger partial charge on any atom is -0.479 e. The van der Waals surface area contributed by atoms with Crippen molar-refractivity contribution >= 4 is 23.2 Å². The summed E-state index contributed by atoms with van der Waals surface area (Å²) >= 11 is 1.54. The van der Waals surface area contributed by atoms with Crippen LogP contribution in [0.3, 0.4) is 0 Å². The van der Waals surface area contributed by atoms with E-state index in [9.17, 15) is 9.59 Å². The molecule has 1 aromatic rings. The number of carboxylic acids is 1. The number of likely N-dealkylation sites (N-methyl/N-ethyl adjacent to an activating group) is 1. The minimum atomic E-state index is -1.00. The van der Waals surface area contributed by atoms with Crippen molar-refractivity contribution in [1.29, 1.82) is 0 Å². The summed E-state index contributed by atoms with van der Waals surface area (Å²) in [5, 5.41) is 9.79. The second-order valence-electron chi connectivity index (χ2n) is 4.57. The summed E-state index contributed by atoms with van der Waals surface area (Å²) in [6.45, 7) is 2.38. The van der Waals surface area contributed by atoms with Crippen LogP contribution in [0.5, 0.6) is 0 Å².